The molecule has 0 saturated heterocycles. The van der Waals surface area contributed by atoms with E-state index >= 15 is 0 Å². The van der Waals surface area contributed by atoms with Crippen molar-refractivity contribution in [2.45, 2.75) is 0 Å². The summed E-state index contributed by atoms with van der Waals surface area (Å²) in [6.45, 7) is 0.189. The number of allylic oxidation sites excluding steroid dienone is 1. The largest absolute Gasteiger partial charge is 0.466 e. The van der Waals surface area contributed by atoms with Crippen LogP contribution in [0, 0.1) is 0 Å². The van der Waals surface area contributed by atoms with E-state index in [0.717, 1.165) is 0 Å². The molecule has 0 fully saturated rings. The van der Waals surface area contributed by atoms with E-state index in [9.17, 15) is 4.79 Å². The fraction of sp³-hybridized carbons (Fsp3) is 0.200. The summed E-state index contributed by atoms with van der Waals surface area (Å²) in [5, 5.41) is 0. The van der Waals surface area contributed by atoms with Gasteiger partial charge in [0.05, 0.1) is 0 Å². The van der Waals surface area contributed by atoms with Crippen molar-refractivity contribution in [3.05, 3.63) is 11.8 Å². The molecule has 9 heavy (non-hydrogen) atoms. The Bertz CT molecular complexity index is 183. The second-order valence-electron chi connectivity index (χ2n) is 1.50. The average Bonchev–Trinajstić information content (AvgIpc) is 1.90. The molecule has 0 bridgehead atoms. The van der Waals surface area contributed by atoms with Crippen LogP contribution in [0.2, 0.25) is 0 Å². The third kappa shape index (κ3) is 1.28. The highest BCUT2D eigenvalue weighted by Gasteiger charge is 2.05. The van der Waals surface area contributed by atoms with E-state index in [4.69, 9.17) is 10.5 Å². The van der Waals surface area contributed by atoms with Gasteiger partial charge >= 0.3 is 0 Å². The monoisotopic (exact) mass is 126 g/mol. The van der Waals surface area contributed by atoms with Crippen LogP contribution < -0.4 is 5.73 Å². The number of rotatable bonds is 1. The van der Waals surface area contributed by atoms with Gasteiger partial charge in [-0.15, -0.1) is 0 Å². The Morgan fingerprint density at radius 3 is 3.00 bits per heavy atom. The number of carbonyl (C=O) groups excluding carboxylic acids is 1. The molecule has 0 aromatic carbocycles. The van der Waals surface area contributed by atoms with Crippen LogP contribution in [0.1, 0.15) is 0 Å². The summed E-state index contributed by atoms with van der Waals surface area (Å²) < 4.78 is 4.73. The zero-order valence-electron chi connectivity index (χ0n) is 4.70. The van der Waals surface area contributed by atoms with Crippen LogP contribution in [-0.2, 0) is 9.53 Å². The van der Waals surface area contributed by atoms with Gasteiger partial charge in [-0.25, -0.2) is 0 Å². The first-order valence-corrected chi connectivity index (χ1v) is 2.43. The molecule has 4 nitrogen and oxygen atoms in total. The van der Waals surface area contributed by atoms with E-state index in [1.807, 2.05) is 0 Å². The van der Waals surface area contributed by atoms with Crippen LogP contribution in [0.25, 0.3) is 0 Å². The summed E-state index contributed by atoms with van der Waals surface area (Å²) in [5.74, 6) is -0.383. The number of hydrogen-bond donors (Lipinski definition) is 1. The quantitative estimate of drug-likeness (QED) is 0.510. The lowest BCUT2D eigenvalue weighted by Gasteiger charge is -2.05. The van der Waals surface area contributed by atoms with Crippen LogP contribution in [0.5, 0.6) is 0 Å². The van der Waals surface area contributed by atoms with Gasteiger partial charge in [0.1, 0.15) is 0 Å². The number of aliphatic imine (C=N–C) groups is 1. The zero-order chi connectivity index (χ0) is 6.69. The summed E-state index contributed by atoms with van der Waals surface area (Å²) in [6.07, 6.45) is 2.93. The number of carbonyl (C=O) groups is 1. The molecule has 0 spiro atoms. The predicted molar refractivity (Wildman–Crippen MR) is 31.7 cm³/mol. The smallest absolute Gasteiger partial charge is 0.283 e. The van der Waals surface area contributed by atoms with E-state index in [0.29, 0.717) is 0 Å². The van der Waals surface area contributed by atoms with Gasteiger partial charge in [-0.05, 0) is 0 Å². The van der Waals surface area contributed by atoms with Crippen molar-refractivity contribution in [1.82, 2.24) is 0 Å². The van der Waals surface area contributed by atoms with Crippen molar-refractivity contribution < 1.29 is 9.53 Å². The molecule has 0 unspecified atom stereocenters. The maximum atomic E-state index is 10.3. The summed E-state index contributed by atoms with van der Waals surface area (Å²) in [5.41, 5.74) is 4.87. The fourth-order valence-corrected chi connectivity index (χ4v) is 0.472. The predicted octanol–water partition coefficient (Wildman–Crippen LogP) is -0.586. The Labute approximate surface area is 52.0 Å². The lowest BCUT2D eigenvalue weighted by Crippen LogP contribution is -2.18. The number of ether oxygens (including phenoxy) is 1. The minimum absolute atomic E-state index is 0.171. The summed E-state index contributed by atoms with van der Waals surface area (Å²) >= 11 is 0. The van der Waals surface area contributed by atoms with Gasteiger partial charge in [-0.3, -0.25) is 9.79 Å². The highest BCUT2D eigenvalue weighted by atomic mass is 16.5. The number of nitrogens with two attached hydrogens (primary N) is 1. The maximum Gasteiger partial charge on any atom is 0.283 e. The summed E-state index contributed by atoms with van der Waals surface area (Å²) in [7, 11) is 0. The lowest BCUT2D eigenvalue weighted by molar-refractivity contribution is -0.117. The van der Waals surface area contributed by atoms with Crippen molar-refractivity contribution in [1.29, 1.82) is 0 Å². The zero-order valence-corrected chi connectivity index (χ0v) is 4.70. The molecule has 1 rings (SSSR count). The van der Waals surface area contributed by atoms with Gasteiger partial charge in [0, 0.05) is 12.3 Å². The van der Waals surface area contributed by atoms with Gasteiger partial charge < -0.3 is 10.5 Å². The average molecular weight is 126 g/mol. The molecule has 0 saturated carbocycles. The standard InChI is InChI=1S/C5H6N2O2/c6-5(8)4-1-2-7-3-9-4/h1-2H,3H2,(H2,6,8). The fourth-order valence-electron chi connectivity index (χ4n) is 0.472. The third-order valence-electron chi connectivity index (χ3n) is 0.869. The molecule has 1 amide bonds. The van der Waals surface area contributed by atoms with Crippen molar-refractivity contribution >= 4 is 12.1 Å². The molecule has 0 aromatic rings. The van der Waals surface area contributed by atoms with E-state index < -0.39 is 5.91 Å². The van der Waals surface area contributed by atoms with Crippen LogP contribution >= 0.6 is 0 Å². The molecule has 2 N–H and O–H groups in total. The van der Waals surface area contributed by atoms with Gasteiger partial charge in [-0.2, -0.15) is 0 Å². The van der Waals surface area contributed by atoms with E-state index in [-0.39, 0.29) is 12.5 Å². The first kappa shape index (κ1) is 5.81. The third-order valence-corrected chi connectivity index (χ3v) is 0.869. The van der Waals surface area contributed by atoms with Crippen molar-refractivity contribution in [3.8, 4) is 0 Å². The van der Waals surface area contributed by atoms with Crippen molar-refractivity contribution in [3.63, 3.8) is 0 Å². The van der Waals surface area contributed by atoms with E-state index in [1.54, 1.807) is 0 Å². The second-order valence-corrected chi connectivity index (χ2v) is 1.50. The number of amides is 1. The molecule has 0 aliphatic carbocycles. The van der Waals surface area contributed by atoms with Crippen LogP contribution in [0.4, 0.5) is 0 Å². The maximum absolute atomic E-state index is 10.3. The lowest BCUT2D eigenvalue weighted by atomic mass is 10.4. The van der Waals surface area contributed by atoms with Crippen molar-refractivity contribution in [2.75, 3.05) is 6.73 Å². The molecular weight excluding hydrogens is 120 g/mol. The molecule has 0 aromatic heterocycles. The van der Waals surface area contributed by atoms with E-state index in [2.05, 4.69) is 4.99 Å². The number of primary amides is 1. The van der Waals surface area contributed by atoms with Gasteiger partial charge in [0.2, 0.25) is 0 Å². The molecule has 4 heteroatoms. The molecule has 1 aliphatic heterocycles. The minimum atomic E-state index is -0.554. The highest BCUT2D eigenvalue weighted by Crippen LogP contribution is 1.98. The summed E-state index contributed by atoms with van der Waals surface area (Å²) in [4.78, 5) is 14.0. The Kier molecular flexibility index (Phi) is 1.48. The Morgan fingerprint density at radius 1 is 1.89 bits per heavy atom. The normalized spacial score (nSPS) is 16.2. The minimum Gasteiger partial charge on any atom is -0.466 e. The van der Waals surface area contributed by atoms with E-state index in [1.165, 1.54) is 12.3 Å². The van der Waals surface area contributed by atoms with Gasteiger partial charge in [-0.1, -0.05) is 0 Å². The highest BCUT2D eigenvalue weighted by molar-refractivity contribution is 5.94. The Balaban J connectivity index is 2.68. The molecule has 1 aliphatic rings. The van der Waals surface area contributed by atoms with Crippen LogP contribution in [-0.4, -0.2) is 18.9 Å². The first-order chi connectivity index (χ1) is 4.30. The topological polar surface area (TPSA) is 64.7 Å². The molecular formula is C5H6N2O2. The SMILES string of the molecule is NC(=O)C1=CC=NCO1. The Hall–Kier alpha value is -1.32. The van der Waals surface area contributed by atoms with Crippen LogP contribution in [0.15, 0.2) is 16.8 Å². The molecule has 1 heterocycles. The molecule has 48 valence electrons. The van der Waals surface area contributed by atoms with Gasteiger partial charge in [0.25, 0.3) is 5.91 Å². The second kappa shape index (κ2) is 2.30. The summed E-state index contributed by atoms with van der Waals surface area (Å²) in [6, 6.07) is 0. The van der Waals surface area contributed by atoms with Crippen LogP contribution in [0.3, 0.4) is 0 Å². The Morgan fingerprint density at radius 2 is 2.67 bits per heavy atom. The molecule has 0 atom stereocenters. The van der Waals surface area contributed by atoms with Gasteiger partial charge in [0.15, 0.2) is 12.5 Å². The molecule has 0 radical (unpaired) electrons. The first-order valence-electron chi connectivity index (χ1n) is 2.43. The van der Waals surface area contributed by atoms with Crippen molar-refractivity contribution in [2.24, 2.45) is 10.7 Å². The number of hydrogen-bond acceptors (Lipinski definition) is 3. The number of nitrogens with zero attached hydrogens (tertiary/aromatic N) is 1.